The summed E-state index contributed by atoms with van der Waals surface area (Å²) >= 11 is 0.696. The molecular formula is C16H16N4O7S3. The Kier molecular flexibility index (Phi) is 5.75. The molecule has 0 unspecified atom stereocenters. The Morgan fingerprint density at radius 2 is 1.90 bits per heavy atom. The lowest BCUT2D eigenvalue weighted by atomic mass is 10.1. The highest BCUT2D eigenvalue weighted by molar-refractivity contribution is 8.16. The zero-order valence-electron chi connectivity index (χ0n) is 15.9. The number of sulfone groups is 1. The van der Waals surface area contributed by atoms with Gasteiger partial charge in [-0.25, -0.2) is 13.3 Å². The number of fused-ring (bicyclic) bond motifs is 1. The summed E-state index contributed by atoms with van der Waals surface area (Å²) in [5.74, 6) is -1.05. The van der Waals surface area contributed by atoms with Crippen molar-refractivity contribution >= 4 is 60.1 Å². The molecule has 0 aliphatic carbocycles. The van der Waals surface area contributed by atoms with E-state index in [9.17, 15) is 21.6 Å². The van der Waals surface area contributed by atoms with Crippen LogP contribution in [0.1, 0.15) is 12.5 Å². The number of carbonyl (C=O) groups is 1. The van der Waals surface area contributed by atoms with Gasteiger partial charge in [0.05, 0.1) is 30.4 Å². The van der Waals surface area contributed by atoms with Crippen molar-refractivity contribution in [2.45, 2.75) is 6.92 Å². The Bertz CT molecular complexity index is 1250. The third-order valence-electron chi connectivity index (χ3n) is 3.65. The first-order chi connectivity index (χ1) is 13.9. The number of carbonyl (C=O) groups excluding carboxylic acids is 1. The highest BCUT2D eigenvalue weighted by atomic mass is 32.2. The van der Waals surface area contributed by atoms with Crippen LogP contribution in [-0.2, 0) is 24.7 Å². The molecule has 1 aromatic rings. The van der Waals surface area contributed by atoms with Crippen molar-refractivity contribution in [2.75, 3.05) is 19.1 Å². The molecule has 1 N–H and O–H groups in total. The van der Waals surface area contributed by atoms with Crippen molar-refractivity contribution in [1.29, 1.82) is 5.41 Å². The highest BCUT2D eigenvalue weighted by Gasteiger charge is 2.41. The Balaban J connectivity index is 2.02. The Hall–Kier alpha value is -2.71. The molecule has 0 radical (unpaired) electrons. The first-order valence-corrected chi connectivity index (χ1v) is 12.7. The minimum atomic E-state index is -3.79. The van der Waals surface area contributed by atoms with Gasteiger partial charge in [0.1, 0.15) is 5.84 Å². The number of hydrogen-bond acceptors (Lipinski definition) is 10. The Labute approximate surface area is 177 Å². The molecular weight excluding hydrogens is 456 g/mol. The van der Waals surface area contributed by atoms with Crippen LogP contribution in [0.5, 0.6) is 11.5 Å². The van der Waals surface area contributed by atoms with Crippen molar-refractivity contribution in [1.82, 2.24) is 4.90 Å². The average Bonchev–Trinajstić information content (AvgIpc) is 3.04. The summed E-state index contributed by atoms with van der Waals surface area (Å²) in [4.78, 5) is 17.2. The van der Waals surface area contributed by atoms with Crippen molar-refractivity contribution in [3.05, 3.63) is 29.3 Å². The maximum Gasteiger partial charge on any atom is 0.306 e. The van der Waals surface area contributed by atoms with Gasteiger partial charge in [0.25, 0.3) is 5.91 Å². The summed E-state index contributed by atoms with van der Waals surface area (Å²) in [7, 11) is -7.54. The fourth-order valence-corrected chi connectivity index (χ4v) is 4.83. The number of benzene rings is 1. The van der Waals surface area contributed by atoms with E-state index in [0.29, 0.717) is 17.5 Å². The van der Waals surface area contributed by atoms with Crippen LogP contribution in [0.15, 0.2) is 33.2 Å². The van der Waals surface area contributed by atoms with E-state index in [1.807, 2.05) is 0 Å². The van der Waals surface area contributed by atoms with Crippen LogP contribution in [0, 0.1) is 5.41 Å². The maximum atomic E-state index is 12.4. The number of aliphatic imine (C=N–C) groups is 1. The van der Waals surface area contributed by atoms with E-state index in [1.165, 1.54) is 24.3 Å². The van der Waals surface area contributed by atoms with Crippen molar-refractivity contribution in [3.63, 3.8) is 0 Å². The monoisotopic (exact) mass is 472 g/mol. The molecule has 14 heteroatoms. The minimum Gasteiger partial charge on any atom is -0.490 e. The summed E-state index contributed by atoms with van der Waals surface area (Å²) in [6, 6.07) is 4.24. The molecule has 0 aromatic heterocycles. The van der Waals surface area contributed by atoms with E-state index in [2.05, 4.69) is 9.39 Å². The zero-order valence-corrected chi connectivity index (χ0v) is 18.4. The highest BCUT2D eigenvalue weighted by Crippen LogP contribution is 2.32. The lowest BCUT2D eigenvalue weighted by Gasteiger charge is -2.23. The minimum absolute atomic E-state index is 0.0190. The van der Waals surface area contributed by atoms with Crippen LogP contribution < -0.4 is 8.92 Å². The lowest BCUT2D eigenvalue weighted by molar-refractivity contribution is -0.114. The standard InChI is InChI=1S/C16H16N4O7S3/c1-4-26-12-8-9(5-6-11(12)27-30(3,24)25)7-10-13(17)20-15(18-14(10)21)28-19-16(20)29(2,22)23/h5-8,17H,4H2,1-3H3. The van der Waals surface area contributed by atoms with Gasteiger partial charge in [-0.1, -0.05) is 6.07 Å². The second-order valence-corrected chi connectivity index (χ2v) is 10.3. The number of ether oxygens (including phenoxy) is 1. The van der Waals surface area contributed by atoms with Crippen molar-refractivity contribution < 1.29 is 30.6 Å². The quantitative estimate of drug-likeness (QED) is 0.376. The molecule has 0 saturated carbocycles. The SMILES string of the molecule is CCOc1cc(C=C2C(=N)N3C(=NC2=O)SN=C3S(C)(=O)=O)ccc1OS(C)(=O)=O. The first-order valence-electron chi connectivity index (χ1n) is 8.26. The molecule has 1 amide bonds. The lowest BCUT2D eigenvalue weighted by Crippen LogP contribution is -2.45. The Morgan fingerprint density at radius 3 is 2.50 bits per heavy atom. The molecule has 11 nitrogen and oxygen atoms in total. The topological polar surface area (TPSA) is 156 Å². The summed E-state index contributed by atoms with van der Waals surface area (Å²) in [6.45, 7) is 1.92. The molecule has 1 aromatic carbocycles. The van der Waals surface area contributed by atoms with Gasteiger partial charge in [-0.05, 0) is 30.7 Å². The molecule has 30 heavy (non-hydrogen) atoms. The van der Waals surface area contributed by atoms with Crippen LogP contribution in [0.3, 0.4) is 0 Å². The van der Waals surface area contributed by atoms with Crippen LogP contribution in [0.2, 0.25) is 0 Å². The molecule has 2 heterocycles. The summed E-state index contributed by atoms with van der Waals surface area (Å²) in [6.07, 6.45) is 3.16. The molecule has 0 bridgehead atoms. The van der Waals surface area contributed by atoms with Crippen LogP contribution in [0.4, 0.5) is 0 Å². The predicted molar refractivity (Wildman–Crippen MR) is 113 cm³/mol. The number of nitrogens with zero attached hydrogens (tertiary/aromatic N) is 3. The van der Waals surface area contributed by atoms with E-state index >= 15 is 0 Å². The van der Waals surface area contributed by atoms with Crippen molar-refractivity contribution in [3.8, 4) is 11.5 Å². The van der Waals surface area contributed by atoms with Crippen LogP contribution in [-0.4, -0.2) is 62.9 Å². The van der Waals surface area contributed by atoms with Crippen LogP contribution in [0.25, 0.3) is 6.08 Å². The first kappa shape index (κ1) is 22.0. The van der Waals surface area contributed by atoms with Crippen molar-refractivity contribution in [2.24, 2.45) is 9.39 Å². The van der Waals surface area contributed by atoms with Gasteiger partial charge in [-0.3, -0.25) is 10.2 Å². The molecule has 2 aliphatic heterocycles. The van der Waals surface area contributed by atoms with Gasteiger partial charge < -0.3 is 8.92 Å². The Morgan fingerprint density at radius 1 is 1.20 bits per heavy atom. The second-order valence-electron chi connectivity index (χ2n) is 6.11. The summed E-state index contributed by atoms with van der Waals surface area (Å²) in [5.41, 5.74) is 0.215. The molecule has 2 aliphatic rings. The summed E-state index contributed by atoms with van der Waals surface area (Å²) < 4.78 is 60.8. The molecule has 3 rings (SSSR count). The number of hydrogen-bond donors (Lipinski definition) is 1. The summed E-state index contributed by atoms with van der Waals surface area (Å²) in [5, 5.41) is 7.91. The third kappa shape index (κ3) is 4.55. The molecule has 0 saturated heterocycles. The number of amidine groups is 3. The smallest absolute Gasteiger partial charge is 0.306 e. The fraction of sp³-hybridized carbons (Fsp3) is 0.250. The second kappa shape index (κ2) is 7.85. The zero-order chi connectivity index (χ0) is 22.3. The average molecular weight is 473 g/mol. The number of nitrogens with one attached hydrogen (secondary N) is 1. The molecule has 160 valence electrons. The molecule has 0 fully saturated rings. The molecule has 0 spiro atoms. The van der Waals surface area contributed by atoms with E-state index < -0.39 is 31.7 Å². The maximum absolute atomic E-state index is 12.4. The number of amides is 1. The van der Waals surface area contributed by atoms with Gasteiger partial charge in [0.15, 0.2) is 11.5 Å². The number of rotatable bonds is 5. The molecule has 0 atom stereocenters. The van der Waals surface area contributed by atoms with Gasteiger partial charge >= 0.3 is 10.1 Å². The van der Waals surface area contributed by atoms with Gasteiger partial charge in [0, 0.05) is 6.26 Å². The third-order valence-corrected chi connectivity index (χ3v) is 5.88. The van der Waals surface area contributed by atoms with Gasteiger partial charge in [-0.2, -0.15) is 17.8 Å². The van der Waals surface area contributed by atoms with E-state index in [0.717, 1.165) is 17.4 Å². The van der Waals surface area contributed by atoms with E-state index in [-0.39, 0.29) is 34.0 Å². The largest absolute Gasteiger partial charge is 0.490 e. The van der Waals surface area contributed by atoms with Gasteiger partial charge in [-0.15, -0.1) is 0 Å². The van der Waals surface area contributed by atoms with E-state index in [1.54, 1.807) is 6.92 Å². The normalized spacial score (nSPS) is 18.2. The van der Waals surface area contributed by atoms with Gasteiger partial charge in [0.2, 0.25) is 20.2 Å². The fourth-order valence-electron chi connectivity index (χ4n) is 2.52. The van der Waals surface area contributed by atoms with Crippen LogP contribution >= 0.6 is 11.9 Å². The predicted octanol–water partition coefficient (Wildman–Crippen LogP) is 1.04. The van der Waals surface area contributed by atoms with E-state index in [4.69, 9.17) is 14.3 Å².